The molecule has 4 rings (SSSR count). The van der Waals surface area contributed by atoms with Crippen molar-refractivity contribution in [2.75, 3.05) is 38.5 Å². The SMILES string of the molecule is CCc1cc(CN(C)S(=O)(=O)C(F)F)cc(F)c1N(C)c1cc2c(ncn2C)c(NCc2ccc(OC)cc2OC)n1. The number of hydrogen-bond donors (Lipinski definition) is 1. The van der Waals surface area contributed by atoms with E-state index < -0.39 is 28.1 Å². The molecule has 0 bridgehead atoms. The molecule has 0 spiro atoms. The molecule has 42 heavy (non-hydrogen) atoms. The third kappa shape index (κ3) is 6.09. The van der Waals surface area contributed by atoms with Crippen molar-refractivity contribution in [3.8, 4) is 11.5 Å². The third-order valence-electron chi connectivity index (χ3n) is 6.97. The van der Waals surface area contributed by atoms with Gasteiger partial charge in [0.05, 0.1) is 31.8 Å². The van der Waals surface area contributed by atoms with E-state index in [-0.39, 0.29) is 11.3 Å². The Bertz CT molecular complexity index is 1700. The highest BCUT2D eigenvalue weighted by Gasteiger charge is 2.30. The zero-order valence-electron chi connectivity index (χ0n) is 24.2. The smallest absolute Gasteiger partial charge is 0.350 e. The molecule has 0 saturated carbocycles. The van der Waals surface area contributed by atoms with Crippen molar-refractivity contribution in [2.24, 2.45) is 7.05 Å². The standard InChI is InChI=1S/C28H33F3N6O4S/c1-7-18-10-17(15-36(3)42(38,39)28(30)31)11-21(29)26(18)37(4)24-13-22-25(33-16-35(22)2)27(34-24)32-14-19-8-9-20(40-5)12-23(19)41-6/h8-13,16,28H,7,14-15H2,1-6H3,(H,32,34). The molecule has 0 unspecified atom stereocenters. The van der Waals surface area contributed by atoms with Gasteiger partial charge in [-0.2, -0.15) is 13.1 Å². The zero-order chi connectivity index (χ0) is 30.8. The van der Waals surface area contributed by atoms with E-state index in [1.54, 1.807) is 50.7 Å². The van der Waals surface area contributed by atoms with Gasteiger partial charge in [0, 0.05) is 51.9 Å². The van der Waals surface area contributed by atoms with Crippen LogP contribution in [0.3, 0.4) is 0 Å². The highest BCUT2D eigenvalue weighted by Crippen LogP contribution is 2.34. The Morgan fingerprint density at radius 1 is 1.07 bits per heavy atom. The summed E-state index contributed by atoms with van der Waals surface area (Å²) in [5, 5.41) is 3.32. The number of rotatable bonds is 12. The summed E-state index contributed by atoms with van der Waals surface area (Å²) in [5.41, 5.74) is 3.27. The van der Waals surface area contributed by atoms with Gasteiger partial charge in [-0.15, -0.1) is 0 Å². The number of aromatic nitrogens is 3. The molecule has 2 heterocycles. The first-order valence-corrected chi connectivity index (χ1v) is 14.5. The van der Waals surface area contributed by atoms with Gasteiger partial charge in [0.1, 0.15) is 28.7 Å². The molecule has 10 nitrogen and oxygen atoms in total. The Morgan fingerprint density at radius 3 is 2.45 bits per heavy atom. The van der Waals surface area contributed by atoms with Crippen LogP contribution in [0.1, 0.15) is 23.6 Å². The number of fused-ring (bicyclic) bond motifs is 1. The molecule has 0 saturated heterocycles. The number of nitrogens with zero attached hydrogens (tertiary/aromatic N) is 5. The van der Waals surface area contributed by atoms with Gasteiger partial charge in [-0.1, -0.05) is 13.0 Å². The summed E-state index contributed by atoms with van der Waals surface area (Å²) in [6.45, 7) is 1.78. The van der Waals surface area contributed by atoms with E-state index in [2.05, 4.69) is 10.3 Å². The van der Waals surface area contributed by atoms with Gasteiger partial charge in [-0.05, 0) is 35.7 Å². The molecule has 0 fully saturated rings. The molecule has 1 N–H and O–H groups in total. The van der Waals surface area contributed by atoms with Gasteiger partial charge in [0.15, 0.2) is 5.82 Å². The van der Waals surface area contributed by atoms with Gasteiger partial charge in [0.2, 0.25) is 0 Å². The van der Waals surface area contributed by atoms with Crippen LogP contribution in [0.25, 0.3) is 11.0 Å². The number of methoxy groups -OCH3 is 2. The summed E-state index contributed by atoms with van der Waals surface area (Å²) < 4.78 is 78.4. The van der Waals surface area contributed by atoms with Crippen LogP contribution >= 0.6 is 0 Å². The predicted octanol–water partition coefficient (Wildman–Crippen LogP) is 5.05. The fourth-order valence-corrected chi connectivity index (χ4v) is 5.24. The molecule has 4 aromatic rings. The number of hydrogen-bond acceptors (Lipinski definition) is 8. The monoisotopic (exact) mass is 606 g/mol. The molecule has 0 atom stereocenters. The van der Waals surface area contributed by atoms with Gasteiger partial charge < -0.3 is 24.3 Å². The molecule has 14 heteroatoms. The molecule has 0 aliphatic carbocycles. The van der Waals surface area contributed by atoms with Crippen LogP contribution in [0.4, 0.5) is 30.5 Å². The second-order valence-electron chi connectivity index (χ2n) is 9.64. The Balaban J connectivity index is 1.70. The van der Waals surface area contributed by atoms with Gasteiger partial charge in [-0.3, -0.25) is 0 Å². The van der Waals surface area contributed by atoms with E-state index in [0.29, 0.717) is 51.5 Å². The maximum absolute atomic E-state index is 15.6. The molecule has 2 aromatic heterocycles. The number of pyridine rings is 1. The first-order valence-electron chi connectivity index (χ1n) is 13.0. The minimum Gasteiger partial charge on any atom is -0.497 e. The minimum absolute atomic E-state index is 0.234. The first kappa shape index (κ1) is 30.9. The maximum atomic E-state index is 15.6. The normalized spacial score (nSPS) is 11.9. The topological polar surface area (TPSA) is 102 Å². The van der Waals surface area contributed by atoms with Crippen LogP contribution in [0.5, 0.6) is 11.5 Å². The summed E-state index contributed by atoms with van der Waals surface area (Å²) in [5.74, 6) is -2.01. The summed E-state index contributed by atoms with van der Waals surface area (Å²) >= 11 is 0. The van der Waals surface area contributed by atoms with E-state index in [1.807, 2.05) is 30.7 Å². The molecule has 0 aliphatic rings. The second-order valence-corrected chi connectivity index (χ2v) is 11.7. The Morgan fingerprint density at radius 2 is 1.81 bits per heavy atom. The minimum atomic E-state index is -4.81. The Kier molecular flexibility index (Phi) is 9.16. The maximum Gasteiger partial charge on any atom is 0.350 e. The van der Waals surface area contributed by atoms with E-state index in [0.717, 1.165) is 24.2 Å². The molecule has 226 valence electrons. The summed E-state index contributed by atoms with van der Waals surface area (Å²) in [6.07, 6.45) is 2.05. The van der Waals surface area contributed by atoms with Crippen molar-refractivity contribution >= 4 is 38.4 Å². The van der Waals surface area contributed by atoms with Gasteiger partial charge in [0.25, 0.3) is 10.0 Å². The number of alkyl halides is 2. The summed E-state index contributed by atoms with van der Waals surface area (Å²) in [7, 11) is 2.89. The number of sulfonamides is 1. The summed E-state index contributed by atoms with van der Waals surface area (Å²) in [6, 6.07) is 10.0. The Labute approximate surface area is 242 Å². The number of ether oxygens (including phenoxy) is 2. The fourth-order valence-electron chi connectivity index (χ4n) is 4.64. The van der Waals surface area contributed by atoms with Crippen LogP contribution in [-0.4, -0.2) is 61.3 Å². The lowest BCUT2D eigenvalue weighted by Crippen LogP contribution is -2.31. The first-order chi connectivity index (χ1) is 19.9. The highest BCUT2D eigenvalue weighted by molar-refractivity contribution is 7.89. The number of imidazole rings is 1. The summed E-state index contributed by atoms with van der Waals surface area (Å²) in [4.78, 5) is 10.9. The predicted molar refractivity (Wildman–Crippen MR) is 156 cm³/mol. The number of benzene rings is 2. The van der Waals surface area contributed by atoms with Crippen LogP contribution in [0.2, 0.25) is 0 Å². The van der Waals surface area contributed by atoms with Crippen molar-refractivity contribution in [2.45, 2.75) is 32.2 Å². The Hall–Kier alpha value is -4.04. The van der Waals surface area contributed by atoms with Crippen molar-refractivity contribution in [1.82, 2.24) is 18.8 Å². The molecule has 2 aromatic carbocycles. The largest absolute Gasteiger partial charge is 0.497 e. The lowest BCUT2D eigenvalue weighted by Gasteiger charge is -2.24. The van der Waals surface area contributed by atoms with Crippen molar-refractivity contribution in [3.05, 3.63) is 65.2 Å². The van der Waals surface area contributed by atoms with E-state index >= 15 is 4.39 Å². The third-order valence-corrected chi connectivity index (χ3v) is 8.41. The van der Waals surface area contributed by atoms with Crippen molar-refractivity contribution < 1.29 is 31.1 Å². The average Bonchev–Trinajstić information content (AvgIpc) is 3.35. The van der Waals surface area contributed by atoms with Crippen LogP contribution in [0, 0.1) is 5.82 Å². The van der Waals surface area contributed by atoms with E-state index in [9.17, 15) is 17.2 Å². The van der Waals surface area contributed by atoms with E-state index in [4.69, 9.17) is 14.5 Å². The number of nitrogens with one attached hydrogen (secondary N) is 1. The molecular weight excluding hydrogens is 573 g/mol. The second kappa shape index (κ2) is 12.4. The van der Waals surface area contributed by atoms with Crippen molar-refractivity contribution in [1.29, 1.82) is 0 Å². The van der Waals surface area contributed by atoms with Gasteiger partial charge >= 0.3 is 5.76 Å². The highest BCUT2D eigenvalue weighted by atomic mass is 32.2. The zero-order valence-corrected chi connectivity index (χ0v) is 25.0. The van der Waals surface area contributed by atoms with Crippen LogP contribution in [0.15, 0.2) is 42.7 Å². The lowest BCUT2D eigenvalue weighted by molar-refractivity contribution is 0.222. The van der Waals surface area contributed by atoms with E-state index in [1.165, 1.54) is 0 Å². The molecule has 0 radical (unpaired) electrons. The average molecular weight is 607 g/mol. The lowest BCUT2D eigenvalue weighted by atomic mass is 10.0. The molecule has 0 aliphatic heterocycles. The number of anilines is 3. The fraction of sp³-hybridized carbons (Fsp3) is 0.357. The van der Waals surface area contributed by atoms with Crippen molar-refractivity contribution in [3.63, 3.8) is 0 Å². The molecule has 0 amide bonds. The molecular formula is C28H33F3N6O4S. The number of aryl methyl sites for hydroxylation is 2. The van der Waals surface area contributed by atoms with Crippen LogP contribution < -0.4 is 19.7 Å². The van der Waals surface area contributed by atoms with Crippen LogP contribution in [-0.2, 0) is 36.6 Å². The quantitative estimate of drug-likeness (QED) is 0.239. The number of halogens is 3. The van der Waals surface area contributed by atoms with Gasteiger partial charge in [-0.25, -0.2) is 22.8 Å².